The Bertz CT molecular complexity index is 1070. The molecule has 1 aromatic carbocycles. The fraction of sp³-hybridized carbons (Fsp3) is 0.389. The second-order valence-electron chi connectivity index (χ2n) is 7.00. The van der Waals surface area contributed by atoms with E-state index in [2.05, 4.69) is 20.5 Å². The Labute approximate surface area is 157 Å². The highest BCUT2D eigenvalue weighted by Gasteiger charge is 2.38. The molecule has 10 heteroatoms. The molecule has 0 spiro atoms. The van der Waals surface area contributed by atoms with Gasteiger partial charge in [0, 0.05) is 11.8 Å². The van der Waals surface area contributed by atoms with E-state index in [0.29, 0.717) is 18.3 Å². The minimum Gasteiger partial charge on any atom is -0.355 e. The molecule has 1 aliphatic carbocycles. The summed E-state index contributed by atoms with van der Waals surface area (Å²) in [5.74, 6) is 0.522. The van der Waals surface area contributed by atoms with Crippen LogP contribution in [0, 0.1) is 0 Å². The van der Waals surface area contributed by atoms with E-state index >= 15 is 0 Å². The molecule has 28 heavy (non-hydrogen) atoms. The number of rotatable bonds is 3. The van der Waals surface area contributed by atoms with Crippen LogP contribution in [0.5, 0.6) is 0 Å². The Kier molecular flexibility index (Phi) is 3.57. The first-order valence-electron chi connectivity index (χ1n) is 9.07. The molecule has 146 valence electrons. The molecule has 2 aliphatic rings. The molecule has 2 N–H and O–H groups in total. The number of aliphatic hydroxyl groups is 1. The molecule has 0 saturated heterocycles. The van der Waals surface area contributed by atoms with Crippen LogP contribution in [0.15, 0.2) is 24.4 Å². The summed E-state index contributed by atoms with van der Waals surface area (Å²) < 4.78 is 43.2. The van der Waals surface area contributed by atoms with Crippen molar-refractivity contribution in [2.75, 3.05) is 5.32 Å². The highest BCUT2D eigenvalue weighted by Crippen LogP contribution is 2.44. The molecule has 0 radical (unpaired) electrons. The van der Waals surface area contributed by atoms with Crippen LogP contribution in [0.1, 0.15) is 43.4 Å². The third-order valence-electron chi connectivity index (χ3n) is 5.05. The number of para-hydroxylation sites is 1. The standard InChI is InChI=1S/C18H17F3N6O/c1-2-13-11(8-26(24-13)9-6-7-9)15-23-16-10-4-3-5-12(18(19,20)21)14(10)22-17(28)27(16)25-15/h3-5,8-9,17,22,28H,2,6-7H2,1H3. The lowest BCUT2D eigenvalue weighted by Crippen LogP contribution is -2.26. The van der Waals surface area contributed by atoms with Gasteiger partial charge in [0.15, 0.2) is 11.6 Å². The molecule has 1 fully saturated rings. The lowest BCUT2D eigenvalue weighted by molar-refractivity contribution is -0.137. The van der Waals surface area contributed by atoms with Crippen molar-refractivity contribution in [1.82, 2.24) is 24.5 Å². The third-order valence-corrected chi connectivity index (χ3v) is 5.05. The van der Waals surface area contributed by atoms with Crippen LogP contribution in [0.4, 0.5) is 18.9 Å². The number of anilines is 1. The van der Waals surface area contributed by atoms with Gasteiger partial charge in [-0.05, 0) is 31.4 Å². The Morgan fingerprint density at radius 2 is 2.00 bits per heavy atom. The van der Waals surface area contributed by atoms with Crippen molar-refractivity contribution in [3.8, 4) is 22.8 Å². The van der Waals surface area contributed by atoms with Gasteiger partial charge in [-0.15, -0.1) is 5.10 Å². The van der Waals surface area contributed by atoms with Crippen molar-refractivity contribution < 1.29 is 18.3 Å². The minimum absolute atomic E-state index is 0.184. The number of nitrogens with zero attached hydrogens (tertiary/aromatic N) is 5. The van der Waals surface area contributed by atoms with Crippen molar-refractivity contribution in [3.63, 3.8) is 0 Å². The summed E-state index contributed by atoms with van der Waals surface area (Å²) in [4.78, 5) is 4.47. The molecule has 3 aromatic rings. The van der Waals surface area contributed by atoms with Crippen LogP contribution in [-0.2, 0) is 12.6 Å². The number of aromatic nitrogens is 5. The molecule has 2 aromatic heterocycles. The van der Waals surface area contributed by atoms with Crippen LogP contribution in [0.3, 0.4) is 0 Å². The van der Waals surface area contributed by atoms with Gasteiger partial charge in [0.2, 0.25) is 6.35 Å². The molecule has 7 nitrogen and oxygen atoms in total. The van der Waals surface area contributed by atoms with E-state index in [1.54, 1.807) is 0 Å². The fourth-order valence-corrected chi connectivity index (χ4v) is 3.52. The van der Waals surface area contributed by atoms with Crippen LogP contribution in [0.25, 0.3) is 22.8 Å². The van der Waals surface area contributed by atoms with Gasteiger partial charge >= 0.3 is 6.18 Å². The van der Waals surface area contributed by atoms with Crippen LogP contribution >= 0.6 is 0 Å². The zero-order chi connectivity index (χ0) is 19.6. The maximum atomic E-state index is 13.4. The summed E-state index contributed by atoms with van der Waals surface area (Å²) in [6.45, 7) is 1.97. The maximum Gasteiger partial charge on any atom is 0.418 e. The van der Waals surface area contributed by atoms with E-state index in [-0.39, 0.29) is 17.1 Å². The average molecular weight is 390 g/mol. The van der Waals surface area contributed by atoms with E-state index in [9.17, 15) is 18.3 Å². The summed E-state index contributed by atoms with van der Waals surface area (Å²) in [6.07, 6.45) is -1.29. The predicted molar refractivity (Wildman–Crippen MR) is 94.2 cm³/mol. The summed E-state index contributed by atoms with van der Waals surface area (Å²) in [7, 11) is 0. The Morgan fingerprint density at radius 1 is 1.21 bits per heavy atom. The molecular weight excluding hydrogens is 373 g/mol. The second-order valence-corrected chi connectivity index (χ2v) is 7.00. The summed E-state index contributed by atoms with van der Waals surface area (Å²) in [5, 5.41) is 21.8. The number of hydrogen-bond acceptors (Lipinski definition) is 5. The van der Waals surface area contributed by atoms with E-state index < -0.39 is 18.1 Å². The smallest absolute Gasteiger partial charge is 0.355 e. The van der Waals surface area contributed by atoms with Crippen molar-refractivity contribution >= 4 is 5.69 Å². The molecule has 0 amide bonds. The van der Waals surface area contributed by atoms with Crippen LogP contribution < -0.4 is 5.32 Å². The molecule has 0 bridgehead atoms. The normalized spacial score (nSPS) is 18.5. The van der Waals surface area contributed by atoms with Crippen molar-refractivity contribution in [2.24, 2.45) is 0 Å². The van der Waals surface area contributed by atoms with Crippen molar-refractivity contribution in [3.05, 3.63) is 35.7 Å². The molecule has 5 rings (SSSR count). The van der Waals surface area contributed by atoms with Crippen molar-refractivity contribution in [1.29, 1.82) is 0 Å². The number of nitrogens with one attached hydrogen (secondary N) is 1. The van der Waals surface area contributed by atoms with Crippen LogP contribution in [-0.4, -0.2) is 29.7 Å². The predicted octanol–water partition coefficient (Wildman–Crippen LogP) is 3.60. The zero-order valence-corrected chi connectivity index (χ0v) is 14.9. The zero-order valence-electron chi connectivity index (χ0n) is 14.9. The topological polar surface area (TPSA) is 80.8 Å². The third kappa shape index (κ3) is 2.59. The summed E-state index contributed by atoms with van der Waals surface area (Å²) >= 11 is 0. The first-order chi connectivity index (χ1) is 13.4. The van der Waals surface area contributed by atoms with E-state index in [1.165, 1.54) is 16.8 Å². The number of halogens is 3. The molecule has 1 saturated carbocycles. The first-order valence-corrected chi connectivity index (χ1v) is 9.07. The van der Waals surface area contributed by atoms with Gasteiger partial charge < -0.3 is 10.4 Å². The molecule has 1 aliphatic heterocycles. The van der Waals surface area contributed by atoms with Gasteiger partial charge in [0.1, 0.15) is 0 Å². The van der Waals surface area contributed by atoms with Gasteiger partial charge in [-0.3, -0.25) is 4.68 Å². The lowest BCUT2D eigenvalue weighted by Gasteiger charge is -2.26. The van der Waals surface area contributed by atoms with E-state index in [1.807, 2.05) is 17.8 Å². The SMILES string of the molecule is CCc1nn(C2CC2)cc1-c1nc2n(n1)C(O)Nc1c-2cccc1C(F)(F)F. The molecular formula is C18H17F3N6O. The Hall–Kier alpha value is -2.88. The molecule has 1 atom stereocenters. The van der Waals surface area contributed by atoms with Gasteiger partial charge in [-0.25, -0.2) is 4.98 Å². The maximum absolute atomic E-state index is 13.4. The number of aliphatic hydroxyl groups excluding tert-OH is 1. The second kappa shape index (κ2) is 5.81. The average Bonchev–Trinajstić information content (AvgIpc) is 3.25. The van der Waals surface area contributed by atoms with Crippen molar-refractivity contribution in [2.45, 2.75) is 44.8 Å². The summed E-state index contributed by atoms with van der Waals surface area (Å²) in [6, 6.07) is 4.21. The van der Waals surface area contributed by atoms with Gasteiger partial charge in [0.25, 0.3) is 0 Å². The minimum atomic E-state index is -4.55. The van der Waals surface area contributed by atoms with Gasteiger partial charge in [-0.2, -0.15) is 23.0 Å². The quantitative estimate of drug-likeness (QED) is 0.714. The number of aryl methyl sites for hydroxylation is 1. The molecule has 1 unspecified atom stereocenters. The highest BCUT2D eigenvalue weighted by atomic mass is 19.4. The van der Waals surface area contributed by atoms with E-state index in [4.69, 9.17) is 0 Å². The molecule has 3 heterocycles. The number of hydrogen-bond donors (Lipinski definition) is 2. The lowest BCUT2D eigenvalue weighted by atomic mass is 10.0. The van der Waals surface area contributed by atoms with Crippen LogP contribution in [0.2, 0.25) is 0 Å². The highest BCUT2D eigenvalue weighted by molar-refractivity contribution is 5.80. The fourth-order valence-electron chi connectivity index (χ4n) is 3.52. The number of alkyl halides is 3. The first kappa shape index (κ1) is 17.2. The summed E-state index contributed by atoms with van der Waals surface area (Å²) in [5.41, 5.74) is 0.749. The van der Waals surface area contributed by atoms with Gasteiger partial charge in [0.05, 0.1) is 28.6 Å². The monoisotopic (exact) mass is 390 g/mol. The Morgan fingerprint density at radius 3 is 2.68 bits per heavy atom. The Balaban J connectivity index is 1.65. The van der Waals surface area contributed by atoms with Gasteiger partial charge in [-0.1, -0.05) is 13.0 Å². The number of benzene rings is 1. The number of fused-ring (bicyclic) bond motifs is 3. The largest absolute Gasteiger partial charge is 0.418 e. The van der Waals surface area contributed by atoms with E-state index in [0.717, 1.165) is 30.2 Å².